The second-order valence-corrected chi connectivity index (χ2v) is 5.90. The monoisotopic (exact) mass is 180 g/mol. The van der Waals surface area contributed by atoms with Crippen LogP contribution in [0.4, 0.5) is 0 Å². The summed E-state index contributed by atoms with van der Waals surface area (Å²) in [5, 5.41) is 0. The van der Waals surface area contributed by atoms with Gasteiger partial charge in [0.15, 0.2) is 0 Å². The molecule has 0 amide bonds. The van der Waals surface area contributed by atoms with E-state index in [2.05, 4.69) is 13.8 Å². The Morgan fingerprint density at radius 2 is 1.54 bits per heavy atom. The second-order valence-electron chi connectivity index (χ2n) is 5.90. The van der Waals surface area contributed by atoms with Crippen LogP contribution in [0.5, 0.6) is 0 Å². The molecule has 2 rings (SSSR count). The van der Waals surface area contributed by atoms with Crippen molar-refractivity contribution in [3.05, 3.63) is 0 Å². The van der Waals surface area contributed by atoms with Crippen molar-refractivity contribution >= 4 is 0 Å². The fourth-order valence-corrected chi connectivity index (χ4v) is 3.25. The molecule has 0 unspecified atom stereocenters. The minimum Gasteiger partial charge on any atom is -0.0649 e. The lowest BCUT2D eigenvalue weighted by atomic mass is 9.67. The molecule has 2 fully saturated rings. The molecule has 0 N–H and O–H groups in total. The van der Waals surface area contributed by atoms with Crippen molar-refractivity contribution in [1.29, 1.82) is 0 Å². The summed E-state index contributed by atoms with van der Waals surface area (Å²) in [6.45, 7) is 4.91. The van der Waals surface area contributed by atoms with Gasteiger partial charge in [-0.2, -0.15) is 0 Å². The van der Waals surface area contributed by atoms with Crippen molar-refractivity contribution in [2.75, 3.05) is 0 Å². The zero-order chi connectivity index (χ0) is 9.36. The maximum atomic E-state index is 2.50. The highest BCUT2D eigenvalue weighted by Crippen LogP contribution is 2.57. The summed E-state index contributed by atoms with van der Waals surface area (Å²) in [4.78, 5) is 0. The smallest absolute Gasteiger partial charge is 0.0295 e. The zero-order valence-corrected chi connectivity index (χ0v) is 9.36. The number of hydrogen-bond donors (Lipinski definition) is 0. The van der Waals surface area contributed by atoms with Crippen LogP contribution < -0.4 is 0 Å². The van der Waals surface area contributed by atoms with Gasteiger partial charge in [0.05, 0.1) is 0 Å². The van der Waals surface area contributed by atoms with Crippen molar-refractivity contribution in [3.8, 4) is 0 Å². The molecule has 76 valence electrons. The Morgan fingerprint density at radius 3 is 2.00 bits per heavy atom. The lowest BCUT2D eigenvalue weighted by Crippen LogP contribution is -2.26. The first-order valence-corrected chi connectivity index (χ1v) is 6.18. The molecule has 0 heteroatoms. The molecule has 0 saturated heterocycles. The molecule has 0 atom stereocenters. The third-order valence-electron chi connectivity index (χ3n) is 4.57. The van der Waals surface area contributed by atoms with Crippen LogP contribution >= 0.6 is 0 Å². The first-order chi connectivity index (χ1) is 6.18. The Balaban J connectivity index is 1.96. The normalized spacial score (nSPS) is 30.0. The molecular weight excluding hydrogens is 156 g/mol. The van der Waals surface area contributed by atoms with E-state index in [9.17, 15) is 0 Å². The summed E-state index contributed by atoms with van der Waals surface area (Å²) in [6, 6.07) is 0. The summed E-state index contributed by atoms with van der Waals surface area (Å²) >= 11 is 0. The van der Waals surface area contributed by atoms with Crippen LogP contribution in [-0.4, -0.2) is 0 Å². The highest BCUT2D eigenvalue weighted by Gasteiger charge is 2.44. The molecule has 2 aliphatic rings. The van der Waals surface area contributed by atoms with Gasteiger partial charge in [-0.3, -0.25) is 0 Å². The standard InChI is InChI=1S/C13H24/c1-3-13(7-5-4-6-8-13)11-12(2)9-10-12/h3-11H2,1-2H3. The highest BCUT2D eigenvalue weighted by molar-refractivity contribution is 4.96. The second kappa shape index (κ2) is 3.29. The first kappa shape index (κ1) is 9.55. The molecule has 2 aliphatic carbocycles. The molecule has 0 spiro atoms. The van der Waals surface area contributed by atoms with Crippen molar-refractivity contribution in [2.24, 2.45) is 10.8 Å². The van der Waals surface area contributed by atoms with Crippen LogP contribution in [0, 0.1) is 10.8 Å². The predicted molar refractivity (Wildman–Crippen MR) is 57.8 cm³/mol. The molecular formula is C13H24. The van der Waals surface area contributed by atoms with Gasteiger partial charge in [0.25, 0.3) is 0 Å². The van der Waals surface area contributed by atoms with E-state index in [1.165, 1.54) is 57.8 Å². The molecule has 2 saturated carbocycles. The summed E-state index contributed by atoms with van der Waals surface area (Å²) in [6.07, 6.45) is 13.5. The van der Waals surface area contributed by atoms with Gasteiger partial charge in [-0.05, 0) is 42.9 Å². The third-order valence-corrected chi connectivity index (χ3v) is 4.57. The number of hydrogen-bond acceptors (Lipinski definition) is 0. The van der Waals surface area contributed by atoms with Gasteiger partial charge < -0.3 is 0 Å². The van der Waals surface area contributed by atoms with E-state index in [4.69, 9.17) is 0 Å². The Labute approximate surface area is 83.1 Å². The van der Waals surface area contributed by atoms with E-state index in [-0.39, 0.29) is 0 Å². The molecule has 0 bridgehead atoms. The van der Waals surface area contributed by atoms with Crippen LogP contribution in [-0.2, 0) is 0 Å². The highest BCUT2D eigenvalue weighted by atomic mass is 14.5. The van der Waals surface area contributed by atoms with E-state index >= 15 is 0 Å². The van der Waals surface area contributed by atoms with Gasteiger partial charge >= 0.3 is 0 Å². The largest absolute Gasteiger partial charge is 0.0649 e. The van der Waals surface area contributed by atoms with Gasteiger partial charge in [-0.25, -0.2) is 0 Å². The van der Waals surface area contributed by atoms with Gasteiger partial charge in [0.1, 0.15) is 0 Å². The average Bonchev–Trinajstić information content (AvgIpc) is 2.85. The predicted octanol–water partition coefficient (Wildman–Crippen LogP) is 4.54. The molecule has 13 heavy (non-hydrogen) atoms. The Morgan fingerprint density at radius 1 is 0.923 bits per heavy atom. The fraction of sp³-hybridized carbons (Fsp3) is 1.00. The molecule has 0 aromatic carbocycles. The van der Waals surface area contributed by atoms with Crippen LogP contribution in [0.3, 0.4) is 0 Å². The quantitative estimate of drug-likeness (QED) is 0.598. The summed E-state index contributed by atoms with van der Waals surface area (Å²) in [5.74, 6) is 0. The van der Waals surface area contributed by atoms with Crippen molar-refractivity contribution in [3.63, 3.8) is 0 Å². The van der Waals surface area contributed by atoms with Crippen molar-refractivity contribution < 1.29 is 0 Å². The molecule has 0 radical (unpaired) electrons. The van der Waals surface area contributed by atoms with Crippen LogP contribution in [0.1, 0.15) is 71.6 Å². The number of rotatable bonds is 3. The van der Waals surface area contributed by atoms with Crippen LogP contribution in [0.15, 0.2) is 0 Å². The first-order valence-electron chi connectivity index (χ1n) is 6.18. The summed E-state index contributed by atoms with van der Waals surface area (Å²) in [7, 11) is 0. The molecule has 0 heterocycles. The maximum absolute atomic E-state index is 2.50. The summed E-state index contributed by atoms with van der Waals surface area (Å²) in [5.41, 5.74) is 1.54. The van der Waals surface area contributed by atoms with Crippen molar-refractivity contribution in [2.45, 2.75) is 71.6 Å². The van der Waals surface area contributed by atoms with E-state index in [1.807, 2.05) is 0 Å². The van der Waals surface area contributed by atoms with Crippen LogP contribution in [0.2, 0.25) is 0 Å². The Kier molecular flexibility index (Phi) is 2.42. The van der Waals surface area contributed by atoms with E-state index in [1.54, 1.807) is 0 Å². The van der Waals surface area contributed by atoms with Crippen LogP contribution in [0.25, 0.3) is 0 Å². The van der Waals surface area contributed by atoms with Gasteiger partial charge in [0, 0.05) is 0 Å². The van der Waals surface area contributed by atoms with Crippen molar-refractivity contribution in [1.82, 2.24) is 0 Å². The van der Waals surface area contributed by atoms with Gasteiger partial charge in [0.2, 0.25) is 0 Å². The SMILES string of the molecule is CCC1(CC2(C)CC2)CCCCC1. The fourth-order valence-electron chi connectivity index (χ4n) is 3.25. The van der Waals surface area contributed by atoms with E-state index < -0.39 is 0 Å². The Bertz CT molecular complexity index is 170. The topological polar surface area (TPSA) is 0 Å². The minimum atomic E-state index is 0.767. The molecule has 0 aromatic rings. The van der Waals surface area contributed by atoms with E-state index in [0.29, 0.717) is 0 Å². The minimum absolute atomic E-state index is 0.767. The Hall–Kier alpha value is 0. The maximum Gasteiger partial charge on any atom is -0.0295 e. The van der Waals surface area contributed by atoms with E-state index in [0.717, 1.165) is 10.8 Å². The molecule has 0 aromatic heterocycles. The average molecular weight is 180 g/mol. The lowest BCUT2D eigenvalue weighted by molar-refractivity contribution is 0.132. The zero-order valence-electron chi connectivity index (χ0n) is 9.36. The molecule has 0 nitrogen and oxygen atoms in total. The van der Waals surface area contributed by atoms with Gasteiger partial charge in [-0.15, -0.1) is 0 Å². The lowest BCUT2D eigenvalue weighted by Gasteiger charge is -2.39. The third kappa shape index (κ3) is 2.08. The summed E-state index contributed by atoms with van der Waals surface area (Å²) < 4.78 is 0. The molecule has 0 aliphatic heterocycles. The van der Waals surface area contributed by atoms with Gasteiger partial charge in [-0.1, -0.05) is 39.5 Å².